The Hall–Kier alpha value is -3.89. The lowest BCUT2D eigenvalue weighted by atomic mass is 10.2. The minimum absolute atomic E-state index is 0.138. The topological polar surface area (TPSA) is 126 Å². The van der Waals surface area contributed by atoms with Gasteiger partial charge in [0.05, 0.1) is 36.6 Å². The van der Waals surface area contributed by atoms with Gasteiger partial charge in [-0.25, -0.2) is 0 Å². The van der Waals surface area contributed by atoms with Crippen molar-refractivity contribution in [1.29, 1.82) is 0 Å². The van der Waals surface area contributed by atoms with Gasteiger partial charge in [0.1, 0.15) is 6.20 Å². The summed E-state index contributed by atoms with van der Waals surface area (Å²) < 4.78 is 14.0. The van der Waals surface area contributed by atoms with Crippen LogP contribution in [0.1, 0.15) is 29.9 Å². The third-order valence-electron chi connectivity index (χ3n) is 4.17. The molecule has 11 heteroatoms. The lowest BCUT2D eigenvalue weighted by molar-refractivity contribution is -0.385. The minimum atomic E-state index is -0.646. The van der Waals surface area contributed by atoms with Gasteiger partial charge in [-0.1, -0.05) is 6.07 Å². The average molecular weight is 414 g/mol. The summed E-state index contributed by atoms with van der Waals surface area (Å²) in [6.07, 6.45) is 4.15. The zero-order valence-electron chi connectivity index (χ0n) is 16.9. The molecule has 2 heterocycles. The summed E-state index contributed by atoms with van der Waals surface area (Å²) in [5.41, 5.74) is 0.845. The molecule has 0 saturated heterocycles. The smallest absolute Gasteiger partial charge is 0.320 e. The molecular weight excluding hydrogens is 392 g/mol. The molecule has 2 aromatic heterocycles. The monoisotopic (exact) mass is 414 g/mol. The van der Waals surface area contributed by atoms with E-state index in [4.69, 9.17) is 9.47 Å². The molecule has 0 bridgehead atoms. The molecule has 0 spiro atoms. The highest BCUT2D eigenvalue weighted by molar-refractivity contribution is 6.05. The Morgan fingerprint density at radius 3 is 2.60 bits per heavy atom. The average Bonchev–Trinajstić information content (AvgIpc) is 3.30. The van der Waals surface area contributed by atoms with Crippen LogP contribution in [0.15, 0.2) is 36.8 Å². The summed E-state index contributed by atoms with van der Waals surface area (Å²) in [6, 6.07) is 5.64. The van der Waals surface area contributed by atoms with Crippen molar-refractivity contribution in [2.45, 2.75) is 20.4 Å². The van der Waals surface area contributed by atoms with Crippen LogP contribution in [0.3, 0.4) is 0 Å². The van der Waals surface area contributed by atoms with Crippen LogP contribution in [0.2, 0.25) is 0 Å². The number of hydrogen-bond donors (Lipinski definition) is 1. The molecule has 30 heavy (non-hydrogen) atoms. The first-order valence-electron chi connectivity index (χ1n) is 9.31. The van der Waals surface area contributed by atoms with E-state index in [1.165, 1.54) is 13.2 Å². The van der Waals surface area contributed by atoms with Crippen molar-refractivity contribution >= 4 is 17.3 Å². The summed E-state index contributed by atoms with van der Waals surface area (Å²) in [7, 11) is 1.47. The molecule has 0 atom stereocenters. The molecule has 0 fully saturated rings. The summed E-state index contributed by atoms with van der Waals surface area (Å²) in [6.45, 7) is 5.30. The third-order valence-corrected chi connectivity index (χ3v) is 4.17. The van der Waals surface area contributed by atoms with E-state index in [2.05, 4.69) is 15.5 Å². The lowest BCUT2D eigenvalue weighted by Crippen LogP contribution is -2.17. The van der Waals surface area contributed by atoms with Gasteiger partial charge < -0.3 is 14.8 Å². The van der Waals surface area contributed by atoms with Gasteiger partial charge in [-0.3, -0.25) is 24.3 Å². The standard InChI is InChI=1S/C19H22N6O5/c1-4-29-16-7-6-13(8-17(16)30-5-2)11-24-12-14(9-21-24)22-19(26)18-15(25(27)28)10-20-23(18)3/h6-10,12H,4-5,11H2,1-3H3,(H,22,26). The molecule has 158 valence electrons. The van der Waals surface area contributed by atoms with Crippen LogP contribution in [0, 0.1) is 10.1 Å². The van der Waals surface area contributed by atoms with Crippen molar-refractivity contribution in [1.82, 2.24) is 19.6 Å². The number of nitrogens with zero attached hydrogens (tertiary/aromatic N) is 5. The molecule has 3 rings (SSSR count). The van der Waals surface area contributed by atoms with Gasteiger partial charge in [0.15, 0.2) is 11.5 Å². The molecule has 0 unspecified atom stereocenters. The van der Waals surface area contributed by atoms with Crippen molar-refractivity contribution in [2.24, 2.45) is 7.05 Å². The van der Waals surface area contributed by atoms with Crippen LogP contribution in [-0.2, 0) is 13.6 Å². The normalized spacial score (nSPS) is 10.6. The highest BCUT2D eigenvalue weighted by atomic mass is 16.6. The van der Waals surface area contributed by atoms with E-state index < -0.39 is 10.8 Å². The maximum atomic E-state index is 12.5. The van der Waals surface area contributed by atoms with E-state index in [-0.39, 0.29) is 11.4 Å². The second kappa shape index (κ2) is 9.07. The number of benzene rings is 1. The van der Waals surface area contributed by atoms with Gasteiger partial charge in [0, 0.05) is 13.2 Å². The Bertz CT molecular complexity index is 1060. The SMILES string of the molecule is CCOc1ccc(Cn2cc(NC(=O)c3c([N+](=O)[O-])cnn3C)cn2)cc1OCC. The second-order valence-electron chi connectivity index (χ2n) is 6.29. The molecule has 0 saturated carbocycles. The van der Waals surface area contributed by atoms with Crippen molar-refractivity contribution in [3.8, 4) is 11.5 Å². The number of carbonyl (C=O) groups excluding carboxylic acids is 1. The first kappa shape index (κ1) is 20.8. The van der Waals surface area contributed by atoms with Gasteiger partial charge >= 0.3 is 5.69 Å². The third kappa shape index (κ3) is 4.57. The number of ether oxygens (including phenoxy) is 2. The van der Waals surface area contributed by atoms with Crippen molar-refractivity contribution in [3.05, 3.63) is 58.2 Å². The van der Waals surface area contributed by atoms with Crippen LogP contribution in [0.4, 0.5) is 11.4 Å². The molecule has 1 aromatic carbocycles. The Kier molecular flexibility index (Phi) is 6.30. The largest absolute Gasteiger partial charge is 0.490 e. The second-order valence-corrected chi connectivity index (χ2v) is 6.29. The summed E-state index contributed by atoms with van der Waals surface area (Å²) in [5, 5.41) is 21.7. The Morgan fingerprint density at radius 1 is 1.17 bits per heavy atom. The zero-order valence-corrected chi connectivity index (χ0v) is 16.9. The van der Waals surface area contributed by atoms with Gasteiger partial charge in [0.2, 0.25) is 5.69 Å². The molecule has 0 aliphatic carbocycles. The van der Waals surface area contributed by atoms with E-state index in [0.29, 0.717) is 36.9 Å². The van der Waals surface area contributed by atoms with E-state index in [1.807, 2.05) is 32.0 Å². The number of amides is 1. The van der Waals surface area contributed by atoms with Crippen LogP contribution in [0.25, 0.3) is 0 Å². The van der Waals surface area contributed by atoms with E-state index in [0.717, 1.165) is 16.4 Å². The molecule has 3 aromatic rings. The summed E-state index contributed by atoms with van der Waals surface area (Å²) in [5.74, 6) is 0.691. The fourth-order valence-corrected chi connectivity index (χ4v) is 2.91. The van der Waals surface area contributed by atoms with E-state index >= 15 is 0 Å². The molecule has 1 amide bonds. The van der Waals surface area contributed by atoms with Crippen LogP contribution >= 0.6 is 0 Å². The Balaban J connectivity index is 1.73. The van der Waals surface area contributed by atoms with Crippen molar-refractivity contribution < 1.29 is 19.2 Å². The number of hydrogen-bond acceptors (Lipinski definition) is 7. The highest BCUT2D eigenvalue weighted by Gasteiger charge is 2.25. The predicted molar refractivity (Wildman–Crippen MR) is 108 cm³/mol. The van der Waals surface area contributed by atoms with Crippen LogP contribution in [0.5, 0.6) is 11.5 Å². The van der Waals surface area contributed by atoms with Crippen molar-refractivity contribution in [3.63, 3.8) is 0 Å². The fourth-order valence-electron chi connectivity index (χ4n) is 2.91. The Labute approximate surface area is 172 Å². The number of rotatable bonds is 9. The molecular formula is C19H22N6O5. The maximum absolute atomic E-state index is 12.5. The maximum Gasteiger partial charge on any atom is 0.320 e. The van der Waals surface area contributed by atoms with Crippen LogP contribution in [-0.4, -0.2) is 43.6 Å². The van der Waals surface area contributed by atoms with E-state index in [9.17, 15) is 14.9 Å². The Morgan fingerprint density at radius 2 is 1.90 bits per heavy atom. The van der Waals surface area contributed by atoms with Gasteiger partial charge in [-0.05, 0) is 31.5 Å². The lowest BCUT2D eigenvalue weighted by Gasteiger charge is -2.12. The van der Waals surface area contributed by atoms with Crippen LogP contribution < -0.4 is 14.8 Å². The molecule has 1 N–H and O–H groups in total. The first-order chi connectivity index (χ1) is 14.4. The number of aryl methyl sites for hydroxylation is 1. The minimum Gasteiger partial charge on any atom is -0.490 e. The summed E-state index contributed by atoms with van der Waals surface area (Å²) >= 11 is 0. The predicted octanol–water partition coefficient (Wildman–Crippen LogP) is 2.62. The molecule has 0 radical (unpaired) electrons. The fraction of sp³-hybridized carbons (Fsp3) is 0.316. The summed E-state index contributed by atoms with van der Waals surface area (Å²) in [4.78, 5) is 22.9. The van der Waals surface area contributed by atoms with Gasteiger partial charge in [0.25, 0.3) is 5.91 Å². The number of anilines is 1. The zero-order chi connectivity index (χ0) is 21.7. The quantitative estimate of drug-likeness (QED) is 0.421. The number of aromatic nitrogens is 4. The highest BCUT2D eigenvalue weighted by Crippen LogP contribution is 2.29. The van der Waals surface area contributed by atoms with E-state index in [1.54, 1.807) is 10.9 Å². The number of nitro groups is 1. The van der Waals surface area contributed by atoms with Gasteiger partial charge in [-0.15, -0.1) is 0 Å². The van der Waals surface area contributed by atoms with Crippen molar-refractivity contribution in [2.75, 3.05) is 18.5 Å². The molecule has 11 nitrogen and oxygen atoms in total. The molecule has 0 aliphatic rings. The molecule has 0 aliphatic heterocycles. The number of carbonyl (C=O) groups is 1. The first-order valence-corrected chi connectivity index (χ1v) is 9.31. The van der Waals surface area contributed by atoms with Gasteiger partial charge in [-0.2, -0.15) is 10.2 Å². The number of nitrogens with one attached hydrogen (secondary N) is 1.